The predicted octanol–water partition coefficient (Wildman–Crippen LogP) is 3.88. The van der Waals surface area contributed by atoms with Crippen LogP contribution in [0.1, 0.15) is 65.7 Å². The third kappa shape index (κ3) is 38.2. The molecule has 0 atom stereocenters. The van der Waals surface area contributed by atoms with Gasteiger partial charge in [-0.1, -0.05) is 53.0 Å². The fourth-order valence-corrected chi connectivity index (χ4v) is 1.49. The molecule has 0 aromatic heterocycles. The maximum Gasteiger partial charge on any atom is 0.0700 e. The number of unbranched alkanes of at least 4 members (excludes halogenated alkanes) is 5. The zero-order valence-electron chi connectivity index (χ0n) is 14.6. The van der Waals surface area contributed by atoms with E-state index in [2.05, 4.69) is 19.2 Å². The van der Waals surface area contributed by atoms with E-state index in [1.807, 2.05) is 13.8 Å². The van der Waals surface area contributed by atoms with Crippen molar-refractivity contribution in [2.75, 3.05) is 33.0 Å². The van der Waals surface area contributed by atoms with E-state index in [1.165, 1.54) is 25.5 Å². The van der Waals surface area contributed by atoms with Crippen LogP contribution in [0.4, 0.5) is 0 Å². The molecular formula is C17H39NO3. The molecule has 0 aliphatic rings. The Morgan fingerprint density at radius 1 is 0.857 bits per heavy atom. The van der Waals surface area contributed by atoms with Crippen LogP contribution in [0.2, 0.25) is 0 Å². The van der Waals surface area contributed by atoms with Gasteiger partial charge in [-0.15, -0.1) is 0 Å². The summed E-state index contributed by atoms with van der Waals surface area (Å²) in [6.07, 6.45) is 9.31. The van der Waals surface area contributed by atoms with Crippen LogP contribution in [-0.2, 0) is 9.47 Å². The Labute approximate surface area is 132 Å². The van der Waals surface area contributed by atoms with Gasteiger partial charge in [0.15, 0.2) is 0 Å². The van der Waals surface area contributed by atoms with Crippen molar-refractivity contribution in [2.24, 2.45) is 5.73 Å². The van der Waals surface area contributed by atoms with E-state index < -0.39 is 0 Å². The Balaban J connectivity index is -0.000000569. The van der Waals surface area contributed by atoms with E-state index >= 15 is 0 Å². The second kappa shape index (κ2) is 31.7. The topological polar surface area (TPSA) is 64.7 Å². The fraction of sp³-hybridized carbons (Fsp3) is 0.882. The second-order valence-electron chi connectivity index (χ2n) is 4.31. The number of nitrogens with two attached hydrogens (primary N) is 1. The van der Waals surface area contributed by atoms with Gasteiger partial charge in [0, 0.05) is 19.8 Å². The van der Waals surface area contributed by atoms with E-state index in [9.17, 15) is 0 Å². The van der Waals surface area contributed by atoms with Crippen LogP contribution in [0.15, 0.2) is 12.8 Å². The van der Waals surface area contributed by atoms with Gasteiger partial charge in [0.25, 0.3) is 0 Å². The monoisotopic (exact) mass is 305 g/mol. The van der Waals surface area contributed by atoms with Crippen LogP contribution in [-0.4, -0.2) is 38.1 Å². The van der Waals surface area contributed by atoms with E-state index in [0.717, 1.165) is 52.1 Å². The van der Waals surface area contributed by atoms with Gasteiger partial charge in [-0.25, -0.2) is 0 Å². The molecule has 0 saturated carbocycles. The molecule has 0 unspecified atom stereocenters. The van der Waals surface area contributed by atoms with E-state index in [0.29, 0.717) is 6.61 Å². The van der Waals surface area contributed by atoms with Gasteiger partial charge in [0.05, 0.1) is 13.2 Å². The third-order valence-electron chi connectivity index (χ3n) is 2.42. The molecule has 0 aliphatic heterocycles. The number of ether oxygens (including phenoxy) is 2. The molecule has 4 nitrogen and oxygen atoms in total. The molecule has 0 aromatic rings. The summed E-state index contributed by atoms with van der Waals surface area (Å²) in [5, 5.41) is 8.60. The van der Waals surface area contributed by atoms with Gasteiger partial charge in [0.1, 0.15) is 0 Å². The highest BCUT2D eigenvalue weighted by molar-refractivity contribution is 4.48. The van der Waals surface area contributed by atoms with Gasteiger partial charge in [0.2, 0.25) is 0 Å². The molecular weight excluding hydrogens is 266 g/mol. The van der Waals surface area contributed by atoms with Crippen molar-refractivity contribution in [3.8, 4) is 0 Å². The minimum Gasteiger partial charge on any atom is -0.405 e. The summed E-state index contributed by atoms with van der Waals surface area (Å²) < 4.78 is 10.7. The molecule has 0 aromatic carbocycles. The first-order valence-electron chi connectivity index (χ1n) is 8.42. The Morgan fingerprint density at radius 3 is 1.76 bits per heavy atom. The summed E-state index contributed by atoms with van der Waals surface area (Å²) in [6, 6.07) is 0. The third-order valence-corrected chi connectivity index (χ3v) is 2.42. The van der Waals surface area contributed by atoms with E-state index in [1.54, 1.807) is 0 Å². The molecule has 0 saturated heterocycles. The number of hydrogen-bond acceptors (Lipinski definition) is 4. The highest BCUT2D eigenvalue weighted by atomic mass is 16.5. The SMILES string of the molecule is C=CN.CC.CCCOCCOCCCCCCCCO. The fourth-order valence-electron chi connectivity index (χ4n) is 1.49. The van der Waals surface area contributed by atoms with Gasteiger partial charge in [-0.2, -0.15) is 0 Å². The lowest BCUT2D eigenvalue weighted by molar-refractivity contribution is 0.0465. The molecule has 130 valence electrons. The molecule has 0 amide bonds. The van der Waals surface area contributed by atoms with Crippen LogP contribution in [0, 0.1) is 0 Å². The molecule has 0 aliphatic carbocycles. The van der Waals surface area contributed by atoms with Gasteiger partial charge >= 0.3 is 0 Å². The maximum absolute atomic E-state index is 8.60. The summed E-state index contributed by atoms with van der Waals surface area (Å²) in [5.41, 5.74) is 4.61. The molecule has 0 fully saturated rings. The molecule has 0 radical (unpaired) electrons. The van der Waals surface area contributed by atoms with Crippen molar-refractivity contribution < 1.29 is 14.6 Å². The Morgan fingerprint density at radius 2 is 1.29 bits per heavy atom. The second-order valence-corrected chi connectivity index (χ2v) is 4.31. The Hall–Kier alpha value is -0.580. The predicted molar refractivity (Wildman–Crippen MR) is 92.4 cm³/mol. The highest BCUT2D eigenvalue weighted by Gasteiger charge is 1.92. The number of rotatable bonds is 13. The van der Waals surface area contributed by atoms with Crippen molar-refractivity contribution in [3.05, 3.63) is 12.8 Å². The normalized spacial score (nSPS) is 9.14. The maximum atomic E-state index is 8.60. The first-order chi connectivity index (χ1) is 10.3. The van der Waals surface area contributed by atoms with Crippen molar-refractivity contribution in [1.29, 1.82) is 0 Å². The molecule has 4 heteroatoms. The summed E-state index contributed by atoms with van der Waals surface area (Å²) in [6.45, 7) is 12.7. The van der Waals surface area contributed by atoms with Crippen molar-refractivity contribution in [3.63, 3.8) is 0 Å². The average molecular weight is 306 g/mol. The minimum atomic E-state index is 0.334. The van der Waals surface area contributed by atoms with E-state index in [4.69, 9.17) is 14.6 Å². The summed E-state index contributed by atoms with van der Waals surface area (Å²) in [7, 11) is 0. The molecule has 0 heterocycles. The summed E-state index contributed by atoms with van der Waals surface area (Å²) in [5.74, 6) is 0. The lowest BCUT2D eigenvalue weighted by Gasteiger charge is -2.05. The molecule has 0 bridgehead atoms. The first kappa shape index (κ1) is 25.4. The van der Waals surface area contributed by atoms with Crippen LogP contribution in [0.3, 0.4) is 0 Å². The summed E-state index contributed by atoms with van der Waals surface area (Å²) >= 11 is 0. The average Bonchev–Trinajstić information content (AvgIpc) is 2.51. The standard InChI is InChI=1S/C13H28O3.C2H5N.C2H6/c1-2-10-15-12-13-16-11-8-6-4-3-5-7-9-14;1-2-3;1-2/h14H,2-13H2,1H3;2H,1,3H2;1-2H3. The first-order valence-corrected chi connectivity index (χ1v) is 8.42. The largest absolute Gasteiger partial charge is 0.405 e. The summed E-state index contributed by atoms with van der Waals surface area (Å²) in [4.78, 5) is 0. The van der Waals surface area contributed by atoms with Gasteiger partial charge in [-0.3, -0.25) is 0 Å². The van der Waals surface area contributed by atoms with Crippen LogP contribution >= 0.6 is 0 Å². The zero-order chi connectivity index (χ0) is 16.6. The zero-order valence-corrected chi connectivity index (χ0v) is 14.6. The minimum absolute atomic E-state index is 0.334. The van der Waals surface area contributed by atoms with Crippen molar-refractivity contribution in [1.82, 2.24) is 0 Å². The Bertz CT molecular complexity index is 141. The van der Waals surface area contributed by atoms with Crippen molar-refractivity contribution >= 4 is 0 Å². The van der Waals surface area contributed by atoms with Crippen LogP contribution in [0.25, 0.3) is 0 Å². The quantitative estimate of drug-likeness (QED) is 0.507. The smallest absolute Gasteiger partial charge is 0.0700 e. The van der Waals surface area contributed by atoms with Crippen LogP contribution in [0.5, 0.6) is 0 Å². The van der Waals surface area contributed by atoms with Gasteiger partial charge in [-0.05, 0) is 25.5 Å². The number of aliphatic hydroxyl groups is 1. The number of aliphatic hydroxyl groups excluding tert-OH is 1. The lowest BCUT2D eigenvalue weighted by atomic mass is 10.1. The Kier molecular flexibility index (Phi) is 38.3. The molecule has 3 N–H and O–H groups in total. The lowest BCUT2D eigenvalue weighted by Crippen LogP contribution is -2.05. The van der Waals surface area contributed by atoms with Crippen LogP contribution < -0.4 is 5.73 Å². The highest BCUT2D eigenvalue weighted by Crippen LogP contribution is 2.04. The molecule has 0 spiro atoms. The molecule has 21 heavy (non-hydrogen) atoms. The van der Waals surface area contributed by atoms with E-state index in [-0.39, 0.29) is 0 Å². The number of hydrogen-bond donors (Lipinski definition) is 2. The van der Waals surface area contributed by atoms with Crippen molar-refractivity contribution in [2.45, 2.75) is 65.7 Å². The van der Waals surface area contributed by atoms with Gasteiger partial charge < -0.3 is 20.3 Å². The molecule has 0 rings (SSSR count).